The molecule has 4 nitrogen and oxygen atoms in total. The van der Waals surface area contributed by atoms with Gasteiger partial charge in [0.1, 0.15) is 0 Å². The quantitative estimate of drug-likeness (QED) is 0.907. The van der Waals surface area contributed by atoms with Crippen LogP contribution < -0.4 is 9.47 Å². The summed E-state index contributed by atoms with van der Waals surface area (Å²) < 4.78 is 11.4. The summed E-state index contributed by atoms with van der Waals surface area (Å²) in [6.45, 7) is 4.54. The number of aromatic amines is 1. The molecule has 0 bridgehead atoms. The number of hydrogen-bond acceptors (Lipinski definition) is 3. The maximum absolute atomic E-state index is 5.77. The van der Waals surface area contributed by atoms with E-state index >= 15 is 0 Å². The van der Waals surface area contributed by atoms with Gasteiger partial charge in [0.15, 0.2) is 11.5 Å². The highest BCUT2D eigenvalue weighted by molar-refractivity contribution is 5.85. The molecule has 0 saturated heterocycles. The van der Waals surface area contributed by atoms with Gasteiger partial charge >= 0.3 is 0 Å². The SMILES string of the molecule is CCCN1CCc2cc(OC)c(OC)c3c2C1Cc1c[nH]cc1-3.Cl. The highest BCUT2D eigenvalue weighted by atomic mass is 35.5. The number of halogens is 1. The maximum atomic E-state index is 5.77. The fourth-order valence-electron chi connectivity index (χ4n) is 4.31. The van der Waals surface area contributed by atoms with Gasteiger partial charge in [0.25, 0.3) is 0 Å². The second-order valence-electron chi connectivity index (χ2n) is 6.46. The molecule has 130 valence electrons. The highest BCUT2D eigenvalue weighted by Crippen LogP contribution is 2.52. The van der Waals surface area contributed by atoms with Gasteiger partial charge in [-0.2, -0.15) is 0 Å². The molecule has 1 aliphatic carbocycles. The van der Waals surface area contributed by atoms with E-state index in [1.54, 1.807) is 14.2 Å². The number of aromatic nitrogens is 1. The van der Waals surface area contributed by atoms with Gasteiger partial charge in [-0.15, -0.1) is 12.4 Å². The number of H-pyrrole nitrogens is 1. The van der Waals surface area contributed by atoms with E-state index in [0.29, 0.717) is 6.04 Å². The van der Waals surface area contributed by atoms with Gasteiger partial charge in [-0.1, -0.05) is 6.92 Å². The molecule has 0 amide bonds. The first-order valence-electron chi connectivity index (χ1n) is 8.46. The van der Waals surface area contributed by atoms with Crippen molar-refractivity contribution in [1.82, 2.24) is 9.88 Å². The van der Waals surface area contributed by atoms with E-state index in [2.05, 4.69) is 35.3 Å². The molecular weight excluding hydrogens is 324 g/mol. The number of methoxy groups -OCH3 is 2. The molecule has 1 aromatic heterocycles. The molecular formula is C19H25ClN2O2. The molecule has 1 atom stereocenters. The van der Waals surface area contributed by atoms with Crippen molar-refractivity contribution in [1.29, 1.82) is 0 Å². The van der Waals surface area contributed by atoms with Gasteiger partial charge in [0.2, 0.25) is 0 Å². The van der Waals surface area contributed by atoms with E-state index in [4.69, 9.17) is 9.47 Å². The number of rotatable bonds is 4. The third-order valence-electron chi connectivity index (χ3n) is 5.26. The Bertz CT molecular complexity index is 741. The molecule has 0 radical (unpaired) electrons. The van der Waals surface area contributed by atoms with Crippen molar-refractivity contribution in [2.45, 2.75) is 32.2 Å². The Morgan fingerprint density at radius 2 is 2.04 bits per heavy atom. The molecule has 0 saturated carbocycles. The van der Waals surface area contributed by atoms with Crippen molar-refractivity contribution in [3.63, 3.8) is 0 Å². The zero-order valence-corrected chi connectivity index (χ0v) is 15.3. The van der Waals surface area contributed by atoms with Crippen molar-refractivity contribution in [2.75, 3.05) is 27.3 Å². The minimum atomic E-state index is 0. The summed E-state index contributed by atoms with van der Waals surface area (Å²) in [7, 11) is 3.46. The largest absolute Gasteiger partial charge is 0.493 e. The van der Waals surface area contributed by atoms with Crippen LogP contribution in [-0.2, 0) is 12.8 Å². The van der Waals surface area contributed by atoms with Gasteiger partial charge in [-0.3, -0.25) is 4.90 Å². The number of ether oxygens (including phenoxy) is 2. The number of hydrogen-bond donors (Lipinski definition) is 1. The monoisotopic (exact) mass is 348 g/mol. The predicted octanol–water partition coefficient (Wildman–Crippen LogP) is 3.99. The fourth-order valence-corrected chi connectivity index (χ4v) is 4.31. The molecule has 2 aromatic rings. The first-order chi connectivity index (χ1) is 11.3. The van der Waals surface area contributed by atoms with Gasteiger partial charge in [-0.25, -0.2) is 0 Å². The molecule has 1 aromatic carbocycles. The summed E-state index contributed by atoms with van der Waals surface area (Å²) in [6.07, 6.45) is 7.58. The Labute approximate surface area is 149 Å². The van der Waals surface area contributed by atoms with Crippen molar-refractivity contribution in [3.8, 4) is 22.6 Å². The van der Waals surface area contributed by atoms with Crippen LogP contribution in [0.4, 0.5) is 0 Å². The summed E-state index contributed by atoms with van der Waals surface area (Å²) >= 11 is 0. The van der Waals surface area contributed by atoms with E-state index in [-0.39, 0.29) is 12.4 Å². The number of nitrogens with zero attached hydrogens (tertiary/aromatic N) is 1. The molecule has 1 aliphatic heterocycles. The zero-order valence-electron chi connectivity index (χ0n) is 14.5. The van der Waals surface area contributed by atoms with Crippen LogP contribution in [0.2, 0.25) is 0 Å². The fraction of sp³-hybridized carbons (Fsp3) is 0.474. The van der Waals surface area contributed by atoms with E-state index in [9.17, 15) is 0 Å². The summed E-state index contributed by atoms with van der Waals surface area (Å²) in [4.78, 5) is 5.92. The van der Waals surface area contributed by atoms with E-state index in [1.165, 1.54) is 34.2 Å². The second kappa shape index (κ2) is 6.69. The van der Waals surface area contributed by atoms with Crippen LogP contribution in [0.3, 0.4) is 0 Å². The lowest BCUT2D eigenvalue weighted by Crippen LogP contribution is -2.38. The molecule has 1 unspecified atom stereocenters. The summed E-state index contributed by atoms with van der Waals surface area (Å²) in [5.41, 5.74) is 6.75. The minimum Gasteiger partial charge on any atom is -0.493 e. The Kier molecular flexibility index (Phi) is 4.79. The van der Waals surface area contributed by atoms with Gasteiger partial charge < -0.3 is 14.5 Å². The lowest BCUT2D eigenvalue weighted by molar-refractivity contribution is 0.182. The van der Waals surface area contributed by atoms with E-state index < -0.39 is 0 Å². The average molecular weight is 349 g/mol. The lowest BCUT2D eigenvalue weighted by Gasteiger charge is -2.41. The number of benzene rings is 1. The Balaban J connectivity index is 0.00000169. The summed E-state index contributed by atoms with van der Waals surface area (Å²) in [5, 5.41) is 0. The lowest BCUT2D eigenvalue weighted by atomic mass is 9.78. The van der Waals surface area contributed by atoms with E-state index in [1.807, 2.05) is 0 Å². The summed E-state index contributed by atoms with van der Waals surface area (Å²) in [5.74, 6) is 1.72. The predicted molar refractivity (Wildman–Crippen MR) is 98.6 cm³/mol. The van der Waals surface area contributed by atoms with Crippen molar-refractivity contribution >= 4 is 12.4 Å². The topological polar surface area (TPSA) is 37.5 Å². The third kappa shape index (κ3) is 2.40. The molecule has 4 rings (SSSR count). The second-order valence-corrected chi connectivity index (χ2v) is 6.46. The Hall–Kier alpha value is -1.65. The van der Waals surface area contributed by atoms with Crippen molar-refractivity contribution < 1.29 is 9.47 Å². The smallest absolute Gasteiger partial charge is 0.168 e. The molecule has 2 aliphatic rings. The Morgan fingerprint density at radius 1 is 1.21 bits per heavy atom. The average Bonchev–Trinajstić information content (AvgIpc) is 3.05. The molecule has 0 fully saturated rings. The number of nitrogens with one attached hydrogen (secondary N) is 1. The van der Waals surface area contributed by atoms with Crippen LogP contribution in [0.5, 0.6) is 11.5 Å². The van der Waals surface area contributed by atoms with E-state index in [0.717, 1.165) is 37.4 Å². The zero-order chi connectivity index (χ0) is 16.0. The Morgan fingerprint density at radius 3 is 2.75 bits per heavy atom. The molecule has 1 N–H and O–H groups in total. The van der Waals surface area contributed by atoms with Crippen molar-refractivity contribution in [3.05, 3.63) is 35.2 Å². The van der Waals surface area contributed by atoms with Crippen molar-refractivity contribution in [2.24, 2.45) is 0 Å². The van der Waals surface area contributed by atoms with Gasteiger partial charge in [0, 0.05) is 36.1 Å². The van der Waals surface area contributed by atoms with Gasteiger partial charge in [-0.05, 0) is 48.6 Å². The maximum Gasteiger partial charge on any atom is 0.168 e. The first kappa shape index (κ1) is 17.2. The van der Waals surface area contributed by atoms with Crippen LogP contribution >= 0.6 is 12.4 Å². The van der Waals surface area contributed by atoms with Crippen LogP contribution in [0.1, 0.15) is 36.1 Å². The molecule has 5 heteroatoms. The third-order valence-corrected chi connectivity index (χ3v) is 5.26. The standard InChI is InChI=1S/C19H24N2O2.ClH/c1-4-6-21-7-5-12-9-16(22-2)19(23-3)18-14-11-20-10-13(14)8-15(21)17(12)18;/h9-11,15,20H,4-8H2,1-3H3;1H. The number of fused-ring (bicyclic) bond motifs is 2. The van der Waals surface area contributed by atoms with Crippen LogP contribution in [0.15, 0.2) is 18.5 Å². The first-order valence-corrected chi connectivity index (χ1v) is 8.46. The van der Waals surface area contributed by atoms with Crippen LogP contribution in [-0.4, -0.2) is 37.2 Å². The normalized spacial score (nSPS) is 18.4. The van der Waals surface area contributed by atoms with Crippen LogP contribution in [0, 0.1) is 0 Å². The van der Waals surface area contributed by atoms with Gasteiger partial charge in [0.05, 0.1) is 14.2 Å². The molecule has 0 spiro atoms. The van der Waals surface area contributed by atoms with Crippen LogP contribution in [0.25, 0.3) is 11.1 Å². The molecule has 2 heterocycles. The molecule has 24 heavy (non-hydrogen) atoms. The highest BCUT2D eigenvalue weighted by Gasteiger charge is 2.37. The summed E-state index contributed by atoms with van der Waals surface area (Å²) in [6, 6.07) is 2.64. The minimum absolute atomic E-state index is 0.